The lowest BCUT2D eigenvalue weighted by Crippen LogP contribution is -2.25. The minimum Gasteiger partial charge on any atom is -0.354 e. The number of nitrogens with zero attached hydrogens (tertiary/aromatic N) is 5. The van der Waals surface area contributed by atoms with Gasteiger partial charge in [0.15, 0.2) is 11.4 Å². The van der Waals surface area contributed by atoms with Gasteiger partial charge in [0, 0.05) is 25.9 Å². The van der Waals surface area contributed by atoms with Crippen molar-refractivity contribution in [3.05, 3.63) is 83.4 Å². The Balaban J connectivity index is 1.82. The third-order valence-electron chi connectivity index (χ3n) is 5.31. The van der Waals surface area contributed by atoms with Crippen LogP contribution in [-0.4, -0.2) is 62.4 Å². The van der Waals surface area contributed by atoms with Gasteiger partial charge in [0.2, 0.25) is 16.0 Å². The van der Waals surface area contributed by atoms with Crippen LogP contribution in [0.1, 0.15) is 23.6 Å². The zero-order valence-electron chi connectivity index (χ0n) is 20.9. The molecule has 2 aromatic carbocycles. The SMILES string of the molecule is [C-]#[N+]c1ccc(S(=O)(=O)NCCCc2nc(Cc3cc(S(=O)(=O)O)ccc3S(=O)(=O)O)nc(NC[CH])n2)cc1[N+]#[C-]. The largest absolute Gasteiger partial charge is 0.354 e. The van der Waals surface area contributed by atoms with Gasteiger partial charge in [-0.1, -0.05) is 12.1 Å². The van der Waals surface area contributed by atoms with Crippen molar-refractivity contribution in [2.24, 2.45) is 0 Å². The average Bonchev–Trinajstić information content (AvgIpc) is 2.89. The lowest BCUT2D eigenvalue weighted by molar-refractivity contribution is 0.477. The average molecular weight is 620 g/mol. The van der Waals surface area contributed by atoms with Gasteiger partial charge in [0.25, 0.3) is 20.2 Å². The standard InChI is InChI=1S/C23H21N7O8S3/c1-4-26-23-29-21(6-5-11-27-39(31,32)16-7-9-18(24-2)19(14-16)25-3)28-22(30-23)13-15-12-17(40(33,34)35)8-10-20(15)41(36,37)38/h1,7-10,12,14,27H,4-6,11,13H2,(H,33,34,35)(H,36,37,38)(H,26,28,29,30). The summed E-state index contributed by atoms with van der Waals surface area (Å²) in [5, 5.41) is 2.67. The van der Waals surface area contributed by atoms with E-state index in [2.05, 4.69) is 34.7 Å². The van der Waals surface area contributed by atoms with Crippen LogP contribution in [0, 0.1) is 20.1 Å². The van der Waals surface area contributed by atoms with Gasteiger partial charge in [-0.2, -0.15) is 26.8 Å². The van der Waals surface area contributed by atoms with Crippen molar-refractivity contribution in [3.63, 3.8) is 0 Å². The number of benzene rings is 2. The van der Waals surface area contributed by atoms with E-state index < -0.39 is 46.5 Å². The summed E-state index contributed by atoms with van der Waals surface area (Å²) in [4.78, 5) is 17.4. The van der Waals surface area contributed by atoms with Gasteiger partial charge in [-0.15, -0.1) is 0 Å². The molecule has 0 spiro atoms. The van der Waals surface area contributed by atoms with Crippen LogP contribution in [0.3, 0.4) is 0 Å². The molecule has 3 rings (SSSR count). The van der Waals surface area contributed by atoms with E-state index in [0.29, 0.717) is 0 Å². The maximum absolute atomic E-state index is 12.6. The van der Waals surface area contributed by atoms with E-state index in [-0.39, 0.29) is 65.4 Å². The number of hydrogen-bond acceptors (Lipinski definition) is 10. The molecule has 0 bridgehead atoms. The van der Waals surface area contributed by atoms with Crippen LogP contribution in [0.5, 0.6) is 0 Å². The minimum absolute atomic E-state index is 0.000934. The molecule has 0 amide bonds. The second kappa shape index (κ2) is 12.6. The molecule has 0 atom stereocenters. The molecule has 0 aliphatic heterocycles. The van der Waals surface area contributed by atoms with E-state index in [1.807, 2.05) is 0 Å². The van der Waals surface area contributed by atoms with Crippen molar-refractivity contribution in [1.29, 1.82) is 0 Å². The molecule has 0 saturated carbocycles. The predicted molar refractivity (Wildman–Crippen MR) is 144 cm³/mol. The first-order chi connectivity index (χ1) is 19.2. The number of aromatic nitrogens is 3. The van der Waals surface area contributed by atoms with Crippen molar-refractivity contribution >= 4 is 47.6 Å². The zero-order chi connectivity index (χ0) is 30.4. The second-order valence-corrected chi connectivity index (χ2v) is 12.7. The lowest BCUT2D eigenvalue weighted by Gasteiger charge is -2.11. The highest BCUT2D eigenvalue weighted by atomic mass is 32.2. The van der Waals surface area contributed by atoms with Gasteiger partial charge in [-0.05, 0) is 43.2 Å². The van der Waals surface area contributed by atoms with E-state index in [4.69, 9.17) is 20.1 Å². The molecular formula is C23H21N7O8S3. The Morgan fingerprint density at radius 2 is 1.49 bits per heavy atom. The van der Waals surface area contributed by atoms with Crippen molar-refractivity contribution in [3.8, 4) is 0 Å². The fourth-order valence-corrected chi connectivity index (χ4v) is 5.82. The predicted octanol–water partition coefficient (Wildman–Crippen LogP) is 2.09. The van der Waals surface area contributed by atoms with E-state index >= 15 is 0 Å². The maximum Gasteiger partial charge on any atom is 0.294 e. The highest BCUT2D eigenvalue weighted by Crippen LogP contribution is 2.30. The lowest BCUT2D eigenvalue weighted by atomic mass is 10.1. The summed E-state index contributed by atoms with van der Waals surface area (Å²) >= 11 is 0. The molecule has 2 radical (unpaired) electrons. The van der Waals surface area contributed by atoms with Crippen molar-refractivity contribution in [2.75, 3.05) is 18.4 Å². The molecule has 1 heterocycles. The Kier molecular flexibility index (Phi) is 9.71. The molecule has 0 unspecified atom stereocenters. The Morgan fingerprint density at radius 3 is 2.10 bits per heavy atom. The summed E-state index contributed by atoms with van der Waals surface area (Å²) in [7, 11) is -13.5. The monoisotopic (exact) mass is 619 g/mol. The quantitative estimate of drug-likeness (QED) is 0.130. The molecule has 1 aromatic heterocycles. The molecular weight excluding hydrogens is 598 g/mol. The number of sulfonamides is 1. The summed E-state index contributed by atoms with van der Waals surface area (Å²) in [6.45, 7) is 19.5. The molecule has 0 aliphatic carbocycles. The topological polar surface area (TPSA) is 214 Å². The maximum atomic E-state index is 12.6. The molecule has 0 saturated heterocycles. The van der Waals surface area contributed by atoms with Gasteiger partial charge >= 0.3 is 0 Å². The van der Waals surface area contributed by atoms with Gasteiger partial charge in [-0.3, -0.25) is 18.8 Å². The van der Waals surface area contributed by atoms with Gasteiger partial charge in [0.1, 0.15) is 11.6 Å². The van der Waals surface area contributed by atoms with Crippen molar-refractivity contribution in [1.82, 2.24) is 19.7 Å². The van der Waals surface area contributed by atoms with Crippen molar-refractivity contribution in [2.45, 2.75) is 33.9 Å². The van der Waals surface area contributed by atoms with Gasteiger partial charge in [-0.25, -0.2) is 18.1 Å². The molecule has 41 heavy (non-hydrogen) atoms. The number of hydrogen-bond donors (Lipinski definition) is 4. The van der Waals surface area contributed by atoms with Gasteiger partial charge < -0.3 is 5.32 Å². The number of aryl methyl sites for hydroxylation is 1. The Bertz CT molecular complexity index is 1880. The zero-order valence-corrected chi connectivity index (χ0v) is 23.3. The summed E-state index contributed by atoms with van der Waals surface area (Å²) in [5.41, 5.74) is -0.297. The van der Waals surface area contributed by atoms with E-state index in [1.165, 1.54) is 12.1 Å². The highest BCUT2D eigenvalue weighted by Gasteiger charge is 2.21. The first-order valence-corrected chi connectivity index (χ1v) is 15.7. The molecule has 4 N–H and O–H groups in total. The van der Waals surface area contributed by atoms with E-state index in [9.17, 15) is 34.4 Å². The van der Waals surface area contributed by atoms with Crippen LogP contribution in [0.25, 0.3) is 9.69 Å². The first kappa shape index (κ1) is 31.5. The first-order valence-electron chi connectivity index (χ1n) is 11.3. The summed E-state index contributed by atoms with van der Waals surface area (Å²) in [6.07, 6.45) is -0.101. The normalized spacial score (nSPS) is 11.9. The number of rotatable bonds is 12. The van der Waals surface area contributed by atoms with Crippen LogP contribution >= 0.6 is 0 Å². The highest BCUT2D eigenvalue weighted by molar-refractivity contribution is 7.89. The Labute approximate surface area is 236 Å². The molecule has 18 heteroatoms. The summed E-state index contributed by atoms with van der Waals surface area (Å²) < 4.78 is 93.4. The molecule has 0 aliphatic rings. The second-order valence-electron chi connectivity index (χ2n) is 8.14. The van der Waals surface area contributed by atoms with Gasteiger partial charge in [0.05, 0.1) is 27.8 Å². The third-order valence-corrected chi connectivity index (χ3v) is 8.57. The van der Waals surface area contributed by atoms with Crippen LogP contribution in [-0.2, 0) is 43.1 Å². The molecule has 3 aromatic rings. The van der Waals surface area contributed by atoms with Crippen LogP contribution in [0.4, 0.5) is 17.3 Å². The smallest absolute Gasteiger partial charge is 0.294 e. The number of anilines is 1. The molecule has 15 nitrogen and oxygen atoms in total. The van der Waals surface area contributed by atoms with Crippen LogP contribution in [0.2, 0.25) is 0 Å². The van der Waals surface area contributed by atoms with E-state index in [0.717, 1.165) is 24.3 Å². The molecule has 0 fully saturated rings. The Morgan fingerprint density at radius 1 is 0.829 bits per heavy atom. The summed E-state index contributed by atoms with van der Waals surface area (Å²) in [5.74, 6) is 0.107. The van der Waals surface area contributed by atoms with Crippen LogP contribution in [0.15, 0.2) is 51.1 Å². The minimum atomic E-state index is -4.79. The fourth-order valence-electron chi connectivity index (χ4n) is 3.50. The van der Waals surface area contributed by atoms with E-state index in [1.54, 1.807) is 0 Å². The van der Waals surface area contributed by atoms with Crippen molar-refractivity contribution < 1.29 is 34.4 Å². The summed E-state index contributed by atoms with van der Waals surface area (Å²) in [6, 6.07) is 6.04. The Hall–Kier alpha value is -4.04. The third kappa shape index (κ3) is 8.24. The fraction of sp³-hybridized carbons (Fsp3) is 0.217. The molecule has 214 valence electrons. The van der Waals surface area contributed by atoms with Crippen LogP contribution < -0.4 is 10.0 Å². The number of nitrogens with one attached hydrogen (secondary N) is 2.